The van der Waals surface area contributed by atoms with Crippen molar-refractivity contribution in [3.05, 3.63) is 47.2 Å². The molecule has 6 heteroatoms. The number of aliphatic hydroxyl groups is 1. The number of ketones is 1. The van der Waals surface area contributed by atoms with E-state index in [9.17, 15) is 9.90 Å². The lowest BCUT2D eigenvalue weighted by Gasteiger charge is -2.63. The summed E-state index contributed by atoms with van der Waals surface area (Å²) in [7, 11) is 0. The molecule has 3 heterocycles. The second-order valence-corrected chi connectivity index (χ2v) is 13.0. The van der Waals surface area contributed by atoms with Crippen LogP contribution >= 0.6 is 0 Å². The van der Waals surface area contributed by atoms with Gasteiger partial charge in [0.1, 0.15) is 12.3 Å². The molecule has 2 aromatic rings. The van der Waals surface area contributed by atoms with Gasteiger partial charge in [0.15, 0.2) is 17.7 Å². The highest BCUT2D eigenvalue weighted by Crippen LogP contribution is 2.71. The molecule has 37 heavy (non-hydrogen) atoms. The van der Waals surface area contributed by atoms with Crippen molar-refractivity contribution in [3.8, 4) is 0 Å². The van der Waals surface area contributed by atoms with Crippen LogP contribution in [0.5, 0.6) is 0 Å². The smallest absolute Gasteiger partial charge is 0.193 e. The molecular weight excluding hydrogens is 466 g/mol. The average molecular weight is 506 g/mol. The lowest BCUT2D eigenvalue weighted by Crippen LogP contribution is -2.64. The Morgan fingerprint density at radius 2 is 1.95 bits per heavy atom. The van der Waals surface area contributed by atoms with Crippen LogP contribution in [0.25, 0.3) is 10.9 Å². The van der Waals surface area contributed by atoms with Crippen molar-refractivity contribution in [3.63, 3.8) is 0 Å². The molecule has 0 radical (unpaired) electrons. The van der Waals surface area contributed by atoms with Gasteiger partial charge in [0.2, 0.25) is 0 Å². The summed E-state index contributed by atoms with van der Waals surface area (Å²) in [5, 5.41) is 11.9. The van der Waals surface area contributed by atoms with Crippen molar-refractivity contribution < 1.29 is 24.1 Å². The number of carbonyl (C=O) groups is 1. The van der Waals surface area contributed by atoms with Crippen molar-refractivity contribution in [2.24, 2.45) is 17.3 Å². The van der Waals surface area contributed by atoms with Gasteiger partial charge < -0.3 is 23.9 Å². The first-order valence-corrected chi connectivity index (χ1v) is 14.1. The average Bonchev–Trinajstić information content (AvgIpc) is 3.43. The van der Waals surface area contributed by atoms with E-state index in [1.54, 1.807) is 0 Å². The highest BCUT2D eigenvalue weighted by Gasteiger charge is 2.72. The quantitative estimate of drug-likeness (QED) is 0.631. The second-order valence-electron chi connectivity index (χ2n) is 13.0. The molecule has 7 atom stereocenters. The van der Waals surface area contributed by atoms with Crippen LogP contribution in [-0.4, -0.2) is 45.7 Å². The molecule has 0 amide bonds. The molecule has 7 rings (SSSR count). The monoisotopic (exact) mass is 505 g/mol. The summed E-state index contributed by atoms with van der Waals surface area (Å²) in [4.78, 5) is 13.4. The van der Waals surface area contributed by atoms with E-state index in [0.29, 0.717) is 12.5 Å². The zero-order valence-electron chi connectivity index (χ0n) is 22.7. The maximum absolute atomic E-state index is 13.4. The Labute approximate surface area is 219 Å². The summed E-state index contributed by atoms with van der Waals surface area (Å²) >= 11 is 0. The van der Waals surface area contributed by atoms with E-state index in [1.165, 1.54) is 16.6 Å². The van der Waals surface area contributed by atoms with Crippen molar-refractivity contribution in [2.45, 2.75) is 102 Å². The van der Waals surface area contributed by atoms with Crippen LogP contribution in [0.1, 0.15) is 71.6 Å². The maximum atomic E-state index is 13.4. The number of aliphatic hydroxyl groups excluding tert-OH is 1. The highest BCUT2D eigenvalue weighted by atomic mass is 16.8. The van der Waals surface area contributed by atoms with Crippen LogP contribution in [-0.2, 0) is 37.6 Å². The van der Waals surface area contributed by atoms with Crippen molar-refractivity contribution in [1.82, 2.24) is 4.57 Å². The summed E-state index contributed by atoms with van der Waals surface area (Å²) in [6, 6.07) is 8.48. The van der Waals surface area contributed by atoms with Crippen LogP contribution in [0.15, 0.2) is 35.9 Å². The molecule has 198 valence electrons. The van der Waals surface area contributed by atoms with Gasteiger partial charge in [-0.25, -0.2) is 0 Å². The van der Waals surface area contributed by atoms with E-state index >= 15 is 0 Å². The summed E-state index contributed by atoms with van der Waals surface area (Å²) in [5.74, 6) is -0.458. The molecular formula is C31H39NO5. The first-order valence-electron chi connectivity index (χ1n) is 14.1. The number of benzene rings is 1. The Morgan fingerprint density at radius 1 is 1.16 bits per heavy atom. The van der Waals surface area contributed by atoms with E-state index in [0.717, 1.165) is 43.2 Å². The van der Waals surface area contributed by atoms with Gasteiger partial charge in [0.05, 0.1) is 11.6 Å². The molecule has 2 saturated carbocycles. The van der Waals surface area contributed by atoms with Gasteiger partial charge in [0.25, 0.3) is 0 Å². The molecule has 1 aromatic carbocycles. The molecule has 1 N–H and O–H groups in total. The molecule has 6 nitrogen and oxygen atoms in total. The molecule has 2 bridgehead atoms. The lowest BCUT2D eigenvalue weighted by atomic mass is 9.43. The first-order chi connectivity index (χ1) is 17.6. The fourth-order valence-electron chi connectivity index (χ4n) is 9.27. The predicted molar refractivity (Wildman–Crippen MR) is 140 cm³/mol. The van der Waals surface area contributed by atoms with E-state index in [2.05, 4.69) is 49.6 Å². The van der Waals surface area contributed by atoms with Crippen LogP contribution in [0.2, 0.25) is 0 Å². The van der Waals surface area contributed by atoms with Crippen LogP contribution in [0, 0.1) is 17.3 Å². The number of rotatable bonds is 4. The summed E-state index contributed by atoms with van der Waals surface area (Å²) < 4.78 is 22.0. The molecule has 5 aliphatic rings. The van der Waals surface area contributed by atoms with E-state index in [4.69, 9.17) is 14.2 Å². The topological polar surface area (TPSA) is 69.9 Å². The van der Waals surface area contributed by atoms with Crippen molar-refractivity contribution in [2.75, 3.05) is 6.61 Å². The zero-order chi connectivity index (χ0) is 26.0. The molecule has 1 spiro atoms. The number of fused-ring (bicyclic) bond motifs is 9. The fraction of sp³-hybridized carbons (Fsp3) is 0.645. The van der Waals surface area contributed by atoms with Crippen molar-refractivity contribution >= 4 is 16.7 Å². The van der Waals surface area contributed by atoms with E-state index < -0.39 is 17.5 Å². The molecule has 3 fully saturated rings. The Balaban J connectivity index is 1.44. The van der Waals surface area contributed by atoms with Gasteiger partial charge in [-0.2, -0.15) is 0 Å². The number of hydrogen-bond donors (Lipinski definition) is 1. The van der Waals surface area contributed by atoms with Gasteiger partial charge >= 0.3 is 0 Å². The predicted octanol–water partition coefficient (Wildman–Crippen LogP) is 5.04. The Morgan fingerprint density at radius 3 is 2.70 bits per heavy atom. The van der Waals surface area contributed by atoms with Gasteiger partial charge in [-0.3, -0.25) is 4.79 Å². The standard InChI is InChI=1S/C31H39NO5/c1-6-13-35-24-15-18-14-20-19-9-7-8-10-22(19)32(17-33)26(20)30(18,5)29(4)11-12-31-21(25(24)29)16-23(34)27(36-31)28(2,3)37-31/h7-10,16,18,24-25,27,33H,6,11-15,17H2,1-5H3/t18?,24?,25?,27-,29-,30+,31-/m0/s1. The minimum absolute atomic E-state index is 0.00967. The summed E-state index contributed by atoms with van der Waals surface area (Å²) in [5.41, 5.74) is 3.67. The third-order valence-corrected chi connectivity index (χ3v) is 10.9. The molecule has 1 saturated heterocycles. The molecule has 2 aliphatic heterocycles. The maximum Gasteiger partial charge on any atom is 0.193 e. The van der Waals surface area contributed by atoms with Gasteiger partial charge in [0, 0.05) is 35.4 Å². The van der Waals surface area contributed by atoms with Gasteiger partial charge in [-0.1, -0.05) is 39.0 Å². The SMILES string of the molecule is CCCOC1CC2Cc3c(n(CO)c4ccccc34)[C@]2(C)[C@@]2(C)CC[C@@]34O[C@@H](C(=O)C=C3C12)C(C)(C)O4. The Bertz CT molecular complexity index is 1340. The normalized spacial score (nSPS) is 41.2. The highest BCUT2D eigenvalue weighted by molar-refractivity contribution is 5.97. The molecule has 1 aromatic heterocycles. The van der Waals surface area contributed by atoms with Crippen LogP contribution < -0.4 is 0 Å². The first kappa shape index (κ1) is 24.1. The Hall–Kier alpha value is -1.99. The van der Waals surface area contributed by atoms with Crippen LogP contribution in [0.3, 0.4) is 0 Å². The summed E-state index contributed by atoms with van der Waals surface area (Å²) in [6.07, 6.45) is 5.77. The number of aromatic nitrogens is 1. The van der Waals surface area contributed by atoms with Gasteiger partial charge in [-0.05, 0) is 74.1 Å². The molecule has 3 unspecified atom stereocenters. The van der Waals surface area contributed by atoms with Crippen LogP contribution in [0.4, 0.5) is 0 Å². The number of carbonyl (C=O) groups excluding carboxylic acids is 1. The minimum atomic E-state index is -0.853. The number of ether oxygens (including phenoxy) is 3. The summed E-state index contributed by atoms with van der Waals surface area (Å²) in [6.45, 7) is 11.6. The second kappa shape index (κ2) is 7.56. The zero-order valence-corrected chi connectivity index (χ0v) is 22.7. The third kappa shape index (κ3) is 2.78. The molecule has 3 aliphatic carbocycles. The van der Waals surface area contributed by atoms with E-state index in [-0.39, 0.29) is 35.4 Å². The van der Waals surface area contributed by atoms with Gasteiger partial charge in [-0.15, -0.1) is 0 Å². The number of para-hydroxylation sites is 1. The lowest BCUT2D eigenvalue weighted by molar-refractivity contribution is -0.223. The number of nitrogens with zero attached hydrogens (tertiary/aromatic N) is 1. The number of hydrogen-bond acceptors (Lipinski definition) is 5. The minimum Gasteiger partial charge on any atom is -0.378 e. The largest absolute Gasteiger partial charge is 0.378 e. The third-order valence-electron chi connectivity index (χ3n) is 10.9. The van der Waals surface area contributed by atoms with E-state index in [1.807, 2.05) is 19.9 Å². The van der Waals surface area contributed by atoms with Crippen molar-refractivity contribution in [1.29, 1.82) is 0 Å². The Kier molecular flexibility index (Phi) is 4.92. The fourth-order valence-corrected chi connectivity index (χ4v) is 9.27.